The Hall–Kier alpha value is -6.81. The van der Waals surface area contributed by atoms with Gasteiger partial charge in [0.2, 0.25) is 11.2 Å². The highest BCUT2D eigenvalue weighted by Gasteiger charge is 2.43. The van der Waals surface area contributed by atoms with Gasteiger partial charge in [-0.05, 0) is 71.1 Å². The fraction of sp³-hybridized carbons (Fsp3) is 0.256. The summed E-state index contributed by atoms with van der Waals surface area (Å²) in [4.78, 5) is 58.2. The molecule has 62 heavy (non-hydrogen) atoms. The Morgan fingerprint density at radius 2 is 1.24 bits per heavy atom. The van der Waals surface area contributed by atoms with Crippen molar-refractivity contribution in [1.29, 1.82) is 0 Å². The van der Waals surface area contributed by atoms with Gasteiger partial charge in [0.15, 0.2) is 23.0 Å². The Bertz CT molecular complexity index is 2830. The lowest BCUT2D eigenvalue weighted by molar-refractivity contribution is -0.138. The van der Waals surface area contributed by atoms with E-state index >= 15 is 0 Å². The monoisotopic (exact) mass is 960 g/mol. The number of fused-ring (bicyclic) bond motifs is 2. The van der Waals surface area contributed by atoms with Gasteiger partial charge >= 0.3 is 11.9 Å². The zero-order valence-corrected chi connectivity index (χ0v) is 35.0. The number of carbonyl (C=O) groups is 4. The van der Waals surface area contributed by atoms with Gasteiger partial charge in [-0.2, -0.15) is 10.2 Å². The minimum absolute atomic E-state index is 0. The van der Waals surface area contributed by atoms with E-state index in [4.69, 9.17) is 11.2 Å². The van der Waals surface area contributed by atoms with Crippen molar-refractivity contribution in [2.75, 3.05) is 41.4 Å². The maximum absolute atomic E-state index is 14.4. The van der Waals surface area contributed by atoms with Crippen LogP contribution in [0.3, 0.4) is 0 Å². The molecule has 2 aromatic carbocycles. The molecule has 2 amide bonds. The first-order valence-electron chi connectivity index (χ1n) is 18.1. The highest BCUT2D eigenvalue weighted by molar-refractivity contribution is 14.1. The summed E-state index contributed by atoms with van der Waals surface area (Å²) < 4.78 is 41.5. The molecule has 0 saturated carbocycles. The van der Waals surface area contributed by atoms with Gasteiger partial charge in [-0.1, -0.05) is 37.3 Å². The Morgan fingerprint density at radius 3 is 1.66 bits per heavy atom. The molecule has 2 atom stereocenters. The minimum Gasteiger partial charge on any atom is -0.464 e. The van der Waals surface area contributed by atoms with Crippen LogP contribution in [0.4, 0.5) is 8.78 Å². The van der Waals surface area contributed by atoms with Crippen LogP contribution < -0.4 is 0 Å². The lowest BCUT2D eigenvalue weighted by Gasteiger charge is -2.13. The second-order valence-electron chi connectivity index (χ2n) is 13.6. The number of hydrogen-bond acceptors (Lipinski definition) is 12. The number of halogens is 3. The molecule has 6 aromatic rings. The zero-order valence-electron chi connectivity index (χ0n) is 32.9. The average molecular weight is 961 g/mol. The van der Waals surface area contributed by atoms with Gasteiger partial charge in [-0.15, -0.1) is 6.42 Å². The first-order valence-corrected chi connectivity index (χ1v) is 19.2. The van der Waals surface area contributed by atoms with E-state index in [0.29, 0.717) is 41.9 Å². The highest BCUT2D eigenvalue weighted by atomic mass is 127. The minimum atomic E-state index is -1.72. The Morgan fingerprint density at radius 1 is 0.774 bits per heavy atom. The molecule has 0 unspecified atom stereocenters. The normalized spacial score (nSPS) is 17.8. The molecule has 0 radical (unpaired) electrons. The second-order valence-corrected chi connectivity index (χ2v) is 14.8. The number of benzene rings is 2. The average Bonchev–Trinajstić information content (AvgIpc) is 4.00. The lowest BCUT2D eigenvalue weighted by atomic mass is 10.0. The lowest BCUT2D eigenvalue weighted by Crippen LogP contribution is -2.37. The summed E-state index contributed by atoms with van der Waals surface area (Å²) in [6.07, 6.45) is 8.64. The number of aromatic nitrogens is 6. The van der Waals surface area contributed by atoms with Crippen LogP contribution in [0.1, 0.15) is 46.8 Å². The van der Waals surface area contributed by atoms with Crippen LogP contribution in [-0.4, -0.2) is 126 Å². The molecular weight excluding hydrogens is 921 g/mol. The topological polar surface area (TPSA) is 195 Å². The van der Waals surface area contributed by atoms with Crippen molar-refractivity contribution in [2.24, 2.45) is 0 Å². The summed E-state index contributed by atoms with van der Waals surface area (Å²) in [5, 5.41) is 28.3. The molecule has 4 aromatic heterocycles. The molecule has 0 bridgehead atoms. The van der Waals surface area contributed by atoms with Crippen LogP contribution >= 0.6 is 22.6 Å². The number of ether oxygens (including phenoxy) is 2. The van der Waals surface area contributed by atoms with Crippen LogP contribution in [0.5, 0.6) is 0 Å². The van der Waals surface area contributed by atoms with Gasteiger partial charge in [0.05, 0.1) is 36.0 Å². The molecule has 2 aliphatic heterocycles. The summed E-state index contributed by atoms with van der Waals surface area (Å²) >= 11 is 2.14. The van der Waals surface area contributed by atoms with Crippen LogP contribution in [0.25, 0.3) is 33.4 Å². The number of pyridine rings is 2. The number of esters is 2. The molecule has 2 aliphatic rings. The number of likely N-dealkylation sites (tertiary alicyclic amines) is 2. The number of terminal acetylenes is 1. The van der Waals surface area contributed by atoms with Gasteiger partial charge in [0, 0.05) is 61.6 Å². The number of carbonyl (C=O) groups excluding carboxylic acids is 4. The van der Waals surface area contributed by atoms with E-state index in [1.165, 1.54) is 57.8 Å². The SMILES string of the molecule is C.C#C[C@]1(O)CCN(C)C1=O.COC(=O)c1nn(-c2cc(C#C[C@]3(O)CCN(C)C3=O)ccn2)c2cccc(F)c12.COC(=O)c1nn(-c2cc(I)ccn2)c2cccc(F)c12. The molecular formula is C43H39F2IN8O8. The number of rotatable bonds is 4. The summed E-state index contributed by atoms with van der Waals surface area (Å²) in [5.41, 5.74) is -2.21. The van der Waals surface area contributed by atoms with Crippen LogP contribution in [0, 0.1) is 39.4 Å². The van der Waals surface area contributed by atoms with Crippen LogP contribution in [-0.2, 0) is 19.1 Å². The van der Waals surface area contributed by atoms with Gasteiger partial charge in [0.1, 0.15) is 11.6 Å². The molecule has 6 heterocycles. The summed E-state index contributed by atoms with van der Waals surface area (Å²) in [6, 6.07) is 15.6. The van der Waals surface area contributed by atoms with Gasteiger partial charge in [-0.3, -0.25) is 9.59 Å². The largest absolute Gasteiger partial charge is 0.464 e. The molecule has 2 saturated heterocycles. The Kier molecular flexibility index (Phi) is 14.1. The fourth-order valence-electron chi connectivity index (χ4n) is 6.34. The van der Waals surface area contributed by atoms with Crippen molar-refractivity contribution < 1.29 is 47.6 Å². The van der Waals surface area contributed by atoms with E-state index in [9.17, 15) is 38.2 Å². The van der Waals surface area contributed by atoms with E-state index in [-0.39, 0.29) is 47.7 Å². The molecule has 19 heteroatoms. The van der Waals surface area contributed by atoms with E-state index in [1.807, 2.05) is 6.07 Å². The third-order valence-electron chi connectivity index (χ3n) is 9.63. The first-order chi connectivity index (χ1) is 29.0. The maximum atomic E-state index is 14.4. The molecule has 320 valence electrons. The molecule has 16 nitrogen and oxygen atoms in total. The third kappa shape index (κ3) is 9.10. The first kappa shape index (κ1) is 46.3. The van der Waals surface area contributed by atoms with E-state index in [2.05, 4.69) is 65.3 Å². The number of likely N-dealkylation sites (N-methyl/N-ethyl adjacent to an activating group) is 2. The molecule has 8 rings (SSSR count). The van der Waals surface area contributed by atoms with Crippen molar-refractivity contribution in [3.05, 3.63) is 105 Å². The third-order valence-corrected chi connectivity index (χ3v) is 10.3. The van der Waals surface area contributed by atoms with E-state index in [1.54, 1.807) is 56.7 Å². The predicted molar refractivity (Wildman–Crippen MR) is 230 cm³/mol. The van der Waals surface area contributed by atoms with Crippen LogP contribution in [0.15, 0.2) is 73.1 Å². The van der Waals surface area contributed by atoms with Gasteiger partial charge < -0.3 is 29.5 Å². The summed E-state index contributed by atoms with van der Waals surface area (Å²) in [5.74, 6) is 4.91. The van der Waals surface area contributed by atoms with Crippen molar-refractivity contribution in [2.45, 2.75) is 31.5 Å². The second kappa shape index (κ2) is 18.8. The van der Waals surface area contributed by atoms with Gasteiger partial charge in [0.25, 0.3) is 11.8 Å². The van der Waals surface area contributed by atoms with Crippen molar-refractivity contribution in [3.63, 3.8) is 0 Å². The number of methoxy groups -OCH3 is 2. The number of aliphatic hydroxyl groups is 2. The smallest absolute Gasteiger partial charge is 0.359 e. The van der Waals surface area contributed by atoms with Gasteiger partial charge in [-0.25, -0.2) is 37.7 Å². The van der Waals surface area contributed by atoms with E-state index < -0.39 is 40.7 Å². The quantitative estimate of drug-likeness (QED) is 0.146. The maximum Gasteiger partial charge on any atom is 0.359 e. The summed E-state index contributed by atoms with van der Waals surface area (Å²) in [7, 11) is 5.65. The van der Waals surface area contributed by atoms with Crippen molar-refractivity contribution in [1.82, 2.24) is 39.3 Å². The number of nitrogens with zero attached hydrogens (tertiary/aromatic N) is 8. The van der Waals surface area contributed by atoms with E-state index in [0.717, 1.165) is 3.57 Å². The Labute approximate surface area is 367 Å². The highest BCUT2D eigenvalue weighted by Crippen LogP contribution is 2.27. The number of amides is 2. The summed E-state index contributed by atoms with van der Waals surface area (Å²) in [6.45, 7) is 0.965. The molecule has 0 aliphatic carbocycles. The van der Waals surface area contributed by atoms with Crippen LogP contribution in [0.2, 0.25) is 0 Å². The zero-order chi connectivity index (χ0) is 44.2. The van der Waals surface area contributed by atoms with Crippen molar-refractivity contribution in [3.8, 4) is 35.8 Å². The number of hydrogen-bond donors (Lipinski definition) is 2. The molecule has 0 spiro atoms. The predicted octanol–water partition coefficient (Wildman–Crippen LogP) is 4.09. The standard InChI is InChI=1S/C21H17FN4O4.C14H9FIN3O2.C7H9NO2.CH4/c1-25-11-9-21(29,20(25)28)8-6-13-7-10-23-16(12-13)26-15-5-3-4-14(22)17(15)18(24-26)19(27)30-2;1-21-14(20)13-12-9(15)3-2-4-10(12)19(18-13)11-7-8(16)5-6-17-11;1-3-7(10)4-5-8(2)6(7)9;/h3-5,7,10,12,29H,9,11H2,1-2H3;2-7H,1H3;1,10H,4-5H2,2H3;1H4/t21-;;7-;/m0.0./s1. The molecule has 2 N–H and O–H groups in total. The van der Waals surface area contributed by atoms with Crippen molar-refractivity contribution >= 4 is 68.1 Å². The fourth-order valence-corrected chi connectivity index (χ4v) is 6.78. The Balaban J connectivity index is 0.000000196. The molecule has 2 fully saturated rings.